The third-order valence-electron chi connectivity index (χ3n) is 4.93. The molecule has 1 atom stereocenters. The van der Waals surface area contributed by atoms with Crippen LogP contribution in [0, 0.1) is 0 Å². The van der Waals surface area contributed by atoms with Crippen LogP contribution in [0.5, 0.6) is 0 Å². The topological polar surface area (TPSA) is 29.3 Å². The molecule has 1 heterocycles. The van der Waals surface area contributed by atoms with Crippen molar-refractivity contribution in [1.82, 2.24) is 4.90 Å². The summed E-state index contributed by atoms with van der Waals surface area (Å²) in [6, 6.07) is 13.2. The molecule has 0 radical (unpaired) electrons. The number of hydrogen-bond acceptors (Lipinski definition) is 2. The van der Waals surface area contributed by atoms with E-state index in [-0.39, 0.29) is 0 Å². The van der Waals surface area contributed by atoms with Gasteiger partial charge in [-0.25, -0.2) is 0 Å². The van der Waals surface area contributed by atoms with Crippen molar-refractivity contribution in [3.63, 3.8) is 0 Å². The van der Waals surface area contributed by atoms with E-state index in [9.17, 15) is 0 Å². The van der Waals surface area contributed by atoms with Gasteiger partial charge >= 0.3 is 0 Å². The third-order valence-corrected chi connectivity index (χ3v) is 5.17. The van der Waals surface area contributed by atoms with Crippen LogP contribution >= 0.6 is 11.6 Å². The fraction of sp³-hybridized carbons (Fsp3) is 0.333. The Morgan fingerprint density at radius 3 is 2.90 bits per heavy atom. The quantitative estimate of drug-likeness (QED) is 0.807. The molecule has 0 saturated carbocycles. The van der Waals surface area contributed by atoms with Gasteiger partial charge < -0.3 is 5.73 Å². The van der Waals surface area contributed by atoms with Crippen LogP contribution in [-0.2, 0) is 19.4 Å². The molecular formula is C18H19ClN2. The number of nitrogen functional groups attached to an aromatic ring is 1. The fourth-order valence-electron chi connectivity index (χ4n) is 3.84. The van der Waals surface area contributed by atoms with Crippen LogP contribution in [0.1, 0.15) is 34.7 Å². The molecule has 4 rings (SSSR count). The number of benzene rings is 2. The molecule has 2 aliphatic rings. The Bertz CT molecular complexity index is 696. The second-order valence-corrected chi connectivity index (χ2v) is 6.54. The highest BCUT2D eigenvalue weighted by Gasteiger charge is 2.30. The molecule has 2 N–H and O–H groups in total. The normalized spacial score (nSPS) is 21.1. The molecule has 0 spiro atoms. The molecule has 21 heavy (non-hydrogen) atoms. The molecule has 1 aliphatic carbocycles. The van der Waals surface area contributed by atoms with E-state index in [0.717, 1.165) is 36.6 Å². The van der Waals surface area contributed by atoms with Crippen molar-refractivity contribution < 1.29 is 0 Å². The number of fused-ring (bicyclic) bond motifs is 2. The average Bonchev–Trinajstić information content (AvgIpc) is 2.90. The molecule has 0 amide bonds. The molecule has 3 heteroatoms. The van der Waals surface area contributed by atoms with Gasteiger partial charge in [-0.2, -0.15) is 0 Å². The predicted molar refractivity (Wildman–Crippen MR) is 87.5 cm³/mol. The Hall–Kier alpha value is -1.51. The summed E-state index contributed by atoms with van der Waals surface area (Å²) >= 11 is 6.11. The number of halogens is 1. The summed E-state index contributed by atoms with van der Waals surface area (Å²) in [6.07, 6.45) is 3.42. The summed E-state index contributed by atoms with van der Waals surface area (Å²) in [5.74, 6) is 0. The minimum atomic E-state index is 0.519. The van der Waals surface area contributed by atoms with E-state index in [1.54, 1.807) is 0 Å². The largest absolute Gasteiger partial charge is 0.398 e. The first-order valence-electron chi connectivity index (χ1n) is 7.61. The Balaban J connectivity index is 1.64. The first-order chi connectivity index (χ1) is 10.2. The van der Waals surface area contributed by atoms with Crippen LogP contribution in [0.4, 0.5) is 5.69 Å². The van der Waals surface area contributed by atoms with Gasteiger partial charge in [-0.1, -0.05) is 29.8 Å². The maximum atomic E-state index is 6.17. The first-order valence-corrected chi connectivity index (χ1v) is 7.99. The van der Waals surface area contributed by atoms with Crippen LogP contribution < -0.4 is 5.73 Å². The SMILES string of the molecule is Nc1cccc2c1CN(C1CCc3cc(Cl)ccc31)CC2. The first kappa shape index (κ1) is 13.2. The van der Waals surface area contributed by atoms with Crippen molar-refractivity contribution in [3.05, 3.63) is 63.7 Å². The average molecular weight is 299 g/mol. The van der Waals surface area contributed by atoms with E-state index >= 15 is 0 Å². The van der Waals surface area contributed by atoms with E-state index in [4.69, 9.17) is 17.3 Å². The number of nitrogens with zero attached hydrogens (tertiary/aromatic N) is 1. The number of hydrogen-bond donors (Lipinski definition) is 1. The van der Waals surface area contributed by atoms with Crippen molar-refractivity contribution in [1.29, 1.82) is 0 Å². The monoisotopic (exact) mass is 298 g/mol. The summed E-state index contributed by atoms with van der Waals surface area (Å²) in [6.45, 7) is 2.08. The highest BCUT2D eigenvalue weighted by molar-refractivity contribution is 6.30. The lowest BCUT2D eigenvalue weighted by Gasteiger charge is -2.34. The van der Waals surface area contributed by atoms with Gasteiger partial charge in [-0.15, -0.1) is 0 Å². The Morgan fingerprint density at radius 1 is 1.10 bits per heavy atom. The molecule has 108 valence electrons. The zero-order chi connectivity index (χ0) is 14.4. The maximum absolute atomic E-state index is 6.17. The molecule has 2 aromatic rings. The molecular weight excluding hydrogens is 280 g/mol. The lowest BCUT2D eigenvalue weighted by atomic mass is 9.95. The Morgan fingerprint density at radius 2 is 2.00 bits per heavy atom. The van der Waals surface area contributed by atoms with Gasteiger partial charge in [0.1, 0.15) is 0 Å². The second kappa shape index (κ2) is 5.04. The van der Waals surface area contributed by atoms with Crippen LogP contribution in [0.2, 0.25) is 5.02 Å². The molecule has 0 saturated heterocycles. The van der Waals surface area contributed by atoms with Crippen molar-refractivity contribution in [2.24, 2.45) is 0 Å². The minimum absolute atomic E-state index is 0.519. The van der Waals surface area contributed by atoms with Gasteiger partial charge in [-0.05, 0) is 59.7 Å². The zero-order valence-electron chi connectivity index (χ0n) is 12.0. The highest BCUT2D eigenvalue weighted by atomic mass is 35.5. The van der Waals surface area contributed by atoms with E-state index in [1.807, 2.05) is 12.1 Å². The highest BCUT2D eigenvalue weighted by Crippen LogP contribution is 2.39. The summed E-state index contributed by atoms with van der Waals surface area (Å²) in [7, 11) is 0. The Labute approximate surface area is 130 Å². The molecule has 2 nitrogen and oxygen atoms in total. The van der Waals surface area contributed by atoms with E-state index < -0.39 is 0 Å². The van der Waals surface area contributed by atoms with Crippen LogP contribution in [0.15, 0.2) is 36.4 Å². The molecule has 0 fully saturated rings. The summed E-state index contributed by atoms with van der Waals surface area (Å²) in [5.41, 5.74) is 12.7. The lowest BCUT2D eigenvalue weighted by Crippen LogP contribution is -2.33. The molecule has 0 bridgehead atoms. The van der Waals surface area contributed by atoms with Crippen molar-refractivity contribution in [2.45, 2.75) is 31.8 Å². The number of nitrogens with two attached hydrogens (primary N) is 1. The molecule has 1 unspecified atom stereocenters. The Kier molecular flexibility index (Phi) is 3.16. The van der Waals surface area contributed by atoms with Gasteiger partial charge in [0, 0.05) is 29.8 Å². The van der Waals surface area contributed by atoms with Crippen molar-refractivity contribution in [3.8, 4) is 0 Å². The minimum Gasteiger partial charge on any atom is -0.398 e. The van der Waals surface area contributed by atoms with Crippen LogP contribution in [0.25, 0.3) is 0 Å². The number of aryl methyl sites for hydroxylation is 1. The van der Waals surface area contributed by atoms with Crippen LogP contribution in [-0.4, -0.2) is 11.4 Å². The third kappa shape index (κ3) is 2.23. The summed E-state index contributed by atoms with van der Waals surface area (Å²) in [4.78, 5) is 2.58. The molecule has 1 aliphatic heterocycles. The van der Waals surface area contributed by atoms with Crippen LogP contribution in [0.3, 0.4) is 0 Å². The number of anilines is 1. The van der Waals surface area contributed by atoms with Gasteiger partial charge in [0.2, 0.25) is 0 Å². The van der Waals surface area contributed by atoms with E-state index in [0.29, 0.717) is 6.04 Å². The van der Waals surface area contributed by atoms with Crippen molar-refractivity contribution in [2.75, 3.05) is 12.3 Å². The fourth-order valence-corrected chi connectivity index (χ4v) is 4.03. The smallest absolute Gasteiger partial charge is 0.0408 e. The predicted octanol–water partition coefficient (Wildman–Crippen LogP) is 3.97. The summed E-state index contributed by atoms with van der Waals surface area (Å²) < 4.78 is 0. The van der Waals surface area contributed by atoms with Gasteiger partial charge in [0.15, 0.2) is 0 Å². The maximum Gasteiger partial charge on any atom is 0.0408 e. The zero-order valence-corrected chi connectivity index (χ0v) is 12.7. The molecule has 0 aromatic heterocycles. The molecule has 2 aromatic carbocycles. The standard InChI is InChI=1S/C18H19ClN2/c19-14-5-6-15-13(10-14)4-7-18(15)21-9-8-12-2-1-3-17(20)16(12)11-21/h1-3,5-6,10,18H,4,7-9,11,20H2. The second-order valence-electron chi connectivity index (χ2n) is 6.10. The van der Waals surface area contributed by atoms with E-state index in [2.05, 4.69) is 29.2 Å². The number of rotatable bonds is 1. The van der Waals surface area contributed by atoms with Gasteiger partial charge in [0.05, 0.1) is 0 Å². The van der Waals surface area contributed by atoms with Gasteiger partial charge in [0.25, 0.3) is 0 Å². The van der Waals surface area contributed by atoms with Crippen molar-refractivity contribution >= 4 is 17.3 Å². The van der Waals surface area contributed by atoms with E-state index in [1.165, 1.54) is 28.7 Å². The van der Waals surface area contributed by atoms with Gasteiger partial charge in [-0.3, -0.25) is 4.90 Å². The lowest BCUT2D eigenvalue weighted by molar-refractivity contribution is 0.179. The summed E-state index contributed by atoms with van der Waals surface area (Å²) in [5, 5.41) is 0.850.